The molecule has 3 aromatic heterocycles. The summed E-state index contributed by atoms with van der Waals surface area (Å²) in [5.41, 5.74) is 6.84. The number of hydrogen-bond acceptors (Lipinski definition) is 6. The topological polar surface area (TPSA) is 93.8 Å². The molecule has 3 heterocycles. The van der Waals surface area contributed by atoms with Gasteiger partial charge in [-0.3, -0.25) is 14.8 Å². The van der Waals surface area contributed by atoms with Gasteiger partial charge in [0.2, 0.25) is 0 Å². The number of alkyl halides is 3. The Bertz CT molecular complexity index is 1460. The predicted molar refractivity (Wildman–Crippen MR) is 130 cm³/mol. The number of nitrogen functional groups attached to an aromatic ring is 1. The van der Waals surface area contributed by atoms with Crippen LogP contribution in [0.4, 0.5) is 23.4 Å². The lowest BCUT2D eigenvalue weighted by Crippen LogP contribution is -2.26. The first-order chi connectivity index (χ1) is 17.0. The van der Waals surface area contributed by atoms with Crippen molar-refractivity contribution in [3.63, 3.8) is 0 Å². The van der Waals surface area contributed by atoms with Gasteiger partial charge in [-0.2, -0.15) is 13.2 Å². The fraction of sp³-hybridized carbons (Fsp3) is 0.200. The molecule has 4 aromatic rings. The molecule has 4 rings (SSSR count). The van der Waals surface area contributed by atoms with Gasteiger partial charge in [-0.05, 0) is 55.1 Å². The molecule has 6 nitrogen and oxygen atoms in total. The molecule has 0 saturated carbocycles. The summed E-state index contributed by atoms with van der Waals surface area (Å²) in [6.07, 6.45) is 0.249. The molecule has 0 aliphatic heterocycles. The fourth-order valence-electron chi connectivity index (χ4n) is 3.90. The second-order valence-electron chi connectivity index (χ2n) is 8.08. The van der Waals surface area contributed by atoms with Gasteiger partial charge in [0.15, 0.2) is 0 Å². The highest BCUT2D eigenvalue weighted by atomic mass is 32.2. The van der Waals surface area contributed by atoms with E-state index in [0.29, 0.717) is 23.0 Å². The number of amides is 1. The average Bonchev–Trinajstić information content (AvgIpc) is 2.81. The van der Waals surface area contributed by atoms with E-state index in [2.05, 4.69) is 20.3 Å². The van der Waals surface area contributed by atoms with Crippen LogP contribution in [0.25, 0.3) is 10.9 Å². The lowest BCUT2D eigenvalue weighted by atomic mass is 10.0. The number of aryl methyl sites for hydroxylation is 1. The van der Waals surface area contributed by atoms with Gasteiger partial charge in [-0.25, -0.2) is 9.37 Å². The maximum atomic E-state index is 13.7. The number of pyridine rings is 3. The van der Waals surface area contributed by atoms with E-state index in [0.717, 1.165) is 16.5 Å². The van der Waals surface area contributed by atoms with E-state index >= 15 is 0 Å². The molecule has 186 valence electrons. The van der Waals surface area contributed by atoms with Gasteiger partial charge in [0.1, 0.15) is 11.6 Å². The Morgan fingerprint density at radius 1 is 1.14 bits per heavy atom. The Labute approximate surface area is 208 Å². The smallest absolute Gasteiger partial charge is 0.384 e. The minimum atomic E-state index is -4.64. The summed E-state index contributed by atoms with van der Waals surface area (Å²) >= 11 is 1.48. The highest BCUT2D eigenvalue weighted by Crippen LogP contribution is 2.34. The van der Waals surface area contributed by atoms with Crippen LogP contribution in [-0.4, -0.2) is 27.1 Å². The number of nitrogens with two attached hydrogens (primary N) is 1. The zero-order valence-corrected chi connectivity index (χ0v) is 20.1. The van der Waals surface area contributed by atoms with E-state index in [1.54, 1.807) is 6.07 Å². The highest BCUT2D eigenvalue weighted by Gasteiger charge is 2.34. The van der Waals surface area contributed by atoms with Crippen molar-refractivity contribution in [1.29, 1.82) is 0 Å². The molecule has 0 bridgehead atoms. The van der Waals surface area contributed by atoms with Crippen LogP contribution in [-0.2, 0) is 19.1 Å². The van der Waals surface area contributed by atoms with E-state index in [-0.39, 0.29) is 29.2 Å². The zero-order valence-electron chi connectivity index (χ0n) is 19.3. The number of halogens is 4. The van der Waals surface area contributed by atoms with Crippen molar-refractivity contribution in [3.05, 3.63) is 88.3 Å². The van der Waals surface area contributed by atoms with E-state index < -0.39 is 23.5 Å². The Morgan fingerprint density at radius 3 is 2.64 bits per heavy atom. The number of aromatic nitrogens is 3. The molecule has 36 heavy (non-hydrogen) atoms. The van der Waals surface area contributed by atoms with Gasteiger partial charge in [-0.15, -0.1) is 11.8 Å². The minimum Gasteiger partial charge on any atom is -0.384 e. The summed E-state index contributed by atoms with van der Waals surface area (Å²) < 4.78 is 54.1. The van der Waals surface area contributed by atoms with Crippen molar-refractivity contribution >= 4 is 34.4 Å². The third kappa shape index (κ3) is 5.56. The Kier molecular flexibility index (Phi) is 7.11. The summed E-state index contributed by atoms with van der Waals surface area (Å²) in [5, 5.41) is 3.18. The minimum absolute atomic E-state index is 0.0878. The highest BCUT2D eigenvalue weighted by molar-refractivity contribution is 7.98. The van der Waals surface area contributed by atoms with Crippen LogP contribution in [0.3, 0.4) is 0 Å². The van der Waals surface area contributed by atoms with Gasteiger partial charge in [-0.1, -0.05) is 0 Å². The lowest BCUT2D eigenvalue weighted by molar-refractivity contribution is -0.138. The fourth-order valence-corrected chi connectivity index (χ4v) is 4.54. The molecule has 0 spiro atoms. The van der Waals surface area contributed by atoms with E-state index in [4.69, 9.17) is 5.73 Å². The lowest BCUT2D eigenvalue weighted by Gasteiger charge is -2.16. The van der Waals surface area contributed by atoms with Crippen LogP contribution < -0.4 is 11.1 Å². The number of benzene rings is 1. The number of carbonyl (C=O) groups excluding carboxylic acids is 1. The van der Waals surface area contributed by atoms with Crippen LogP contribution in [0.5, 0.6) is 0 Å². The first kappa shape index (κ1) is 25.4. The molecule has 1 amide bonds. The summed E-state index contributed by atoms with van der Waals surface area (Å²) in [4.78, 5) is 26.0. The van der Waals surface area contributed by atoms with Crippen LogP contribution >= 0.6 is 11.8 Å². The third-order valence-corrected chi connectivity index (χ3v) is 6.29. The van der Waals surface area contributed by atoms with Crippen LogP contribution in [0.2, 0.25) is 0 Å². The molecular weight excluding hydrogens is 494 g/mol. The quantitative estimate of drug-likeness (QED) is 0.267. The van der Waals surface area contributed by atoms with Crippen molar-refractivity contribution < 1.29 is 22.4 Å². The molecule has 0 fully saturated rings. The molecule has 0 atom stereocenters. The molecule has 3 N–H and O–H groups in total. The van der Waals surface area contributed by atoms with Crippen molar-refractivity contribution in [3.8, 4) is 0 Å². The first-order valence-electron chi connectivity index (χ1n) is 10.7. The maximum Gasteiger partial charge on any atom is 0.416 e. The summed E-state index contributed by atoms with van der Waals surface area (Å²) in [6.45, 7) is 1.04. The largest absolute Gasteiger partial charge is 0.416 e. The molecule has 1 aromatic carbocycles. The third-order valence-electron chi connectivity index (χ3n) is 5.54. The molecule has 0 radical (unpaired) electrons. The van der Waals surface area contributed by atoms with E-state index in [1.165, 1.54) is 43.2 Å². The van der Waals surface area contributed by atoms with Crippen molar-refractivity contribution in [2.75, 3.05) is 12.0 Å². The van der Waals surface area contributed by atoms with E-state index in [1.807, 2.05) is 18.4 Å². The van der Waals surface area contributed by atoms with Crippen LogP contribution in [0, 0.1) is 12.7 Å². The summed E-state index contributed by atoms with van der Waals surface area (Å²) in [7, 11) is 0. The number of nitrogens with one attached hydrogen (secondary N) is 1. The number of rotatable bonds is 6. The maximum absolute atomic E-state index is 13.7. The van der Waals surface area contributed by atoms with Crippen LogP contribution in [0.1, 0.15) is 38.4 Å². The van der Waals surface area contributed by atoms with Gasteiger partial charge < -0.3 is 11.1 Å². The molecule has 0 unspecified atom stereocenters. The van der Waals surface area contributed by atoms with Crippen LogP contribution in [0.15, 0.2) is 53.7 Å². The standard InChI is InChI=1S/C25H21F4N5OS/c1-13-19(20(25(27,28)29)10-22(30)34-13)12-33-24(35)15-3-4-31-18(9-15)6-14-5-16-8-17(26)11-32-23(16)21(7-14)36-2/h3-5,7-11H,6,12H2,1-2H3,(H2,30,34)(H,33,35). The predicted octanol–water partition coefficient (Wildman–Crippen LogP) is 5.32. The van der Waals surface area contributed by atoms with Crippen molar-refractivity contribution in [2.45, 2.75) is 31.0 Å². The number of hydrogen-bond donors (Lipinski definition) is 2. The number of thioether (sulfide) groups is 1. The van der Waals surface area contributed by atoms with Gasteiger partial charge in [0.05, 0.1) is 17.3 Å². The molecule has 0 saturated heterocycles. The molecule has 11 heteroatoms. The monoisotopic (exact) mass is 515 g/mol. The number of carbonyl (C=O) groups is 1. The Morgan fingerprint density at radius 2 is 1.92 bits per heavy atom. The van der Waals surface area contributed by atoms with Gasteiger partial charge >= 0.3 is 6.18 Å². The number of anilines is 1. The molecular formula is C25H21F4N5OS. The SMILES string of the molecule is CSc1cc(Cc2cc(C(=O)NCc3c(C(F)(F)F)cc(N)nc3C)ccn2)cc2cc(F)cnc12. The van der Waals surface area contributed by atoms with Gasteiger partial charge in [0, 0.05) is 52.0 Å². The molecule has 0 aliphatic rings. The average molecular weight is 516 g/mol. The summed E-state index contributed by atoms with van der Waals surface area (Å²) in [6, 6.07) is 8.96. The number of nitrogens with zero attached hydrogens (tertiary/aromatic N) is 3. The zero-order chi connectivity index (χ0) is 26.0. The second-order valence-corrected chi connectivity index (χ2v) is 8.92. The second kappa shape index (κ2) is 10.1. The molecule has 0 aliphatic carbocycles. The summed E-state index contributed by atoms with van der Waals surface area (Å²) in [5.74, 6) is -1.24. The van der Waals surface area contributed by atoms with Crippen molar-refractivity contribution in [2.24, 2.45) is 0 Å². The normalized spacial score (nSPS) is 11.6. The van der Waals surface area contributed by atoms with E-state index in [9.17, 15) is 22.4 Å². The first-order valence-corrected chi connectivity index (χ1v) is 12.0. The Hall–Kier alpha value is -3.73. The van der Waals surface area contributed by atoms with Crippen molar-refractivity contribution in [1.82, 2.24) is 20.3 Å². The number of fused-ring (bicyclic) bond motifs is 1. The Balaban J connectivity index is 1.55. The van der Waals surface area contributed by atoms with Gasteiger partial charge in [0.25, 0.3) is 5.91 Å².